The molecule has 0 unspecified atom stereocenters. The van der Waals surface area contributed by atoms with Gasteiger partial charge in [-0.25, -0.2) is 8.42 Å². The standard InChI is InChI=1S/C19H28N2O6S/c1-25-15-5-6-17(26-2)18(12-15)28(23,24)21-9-7-14(8-10-21)19(22)20-13-16-4-3-11-27-16/h5-6,12,14,16H,3-4,7-11,13H2,1-2H3,(H,20,22)/t16-/m0/s1. The van der Waals surface area contributed by atoms with Gasteiger partial charge in [0.05, 0.1) is 20.3 Å². The maximum Gasteiger partial charge on any atom is 0.246 e. The van der Waals surface area contributed by atoms with Crippen molar-refractivity contribution in [3.63, 3.8) is 0 Å². The van der Waals surface area contributed by atoms with Crippen LogP contribution in [0.3, 0.4) is 0 Å². The van der Waals surface area contributed by atoms with Crippen LogP contribution in [0.2, 0.25) is 0 Å². The molecule has 1 N–H and O–H groups in total. The van der Waals surface area contributed by atoms with E-state index in [9.17, 15) is 13.2 Å². The highest BCUT2D eigenvalue weighted by Gasteiger charge is 2.34. The number of ether oxygens (including phenoxy) is 3. The van der Waals surface area contributed by atoms with Gasteiger partial charge in [-0.05, 0) is 37.8 Å². The molecular formula is C19H28N2O6S. The quantitative estimate of drug-likeness (QED) is 0.728. The maximum absolute atomic E-state index is 13.1. The van der Waals surface area contributed by atoms with Gasteiger partial charge in [0.15, 0.2) is 0 Å². The molecule has 28 heavy (non-hydrogen) atoms. The number of benzene rings is 1. The number of piperidine rings is 1. The number of sulfonamides is 1. The van der Waals surface area contributed by atoms with Crippen LogP contribution >= 0.6 is 0 Å². The van der Waals surface area contributed by atoms with Gasteiger partial charge in [-0.3, -0.25) is 4.79 Å². The average Bonchev–Trinajstić information content (AvgIpc) is 3.25. The van der Waals surface area contributed by atoms with Crippen molar-refractivity contribution in [3.8, 4) is 11.5 Å². The van der Waals surface area contributed by atoms with E-state index >= 15 is 0 Å². The fraction of sp³-hybridized carbons (Fsp3) is 0.632. The first kappa shape index (κ1) is 20.9. The van der Waals surface area contributed by atoms with Crippen LogP contribution in [0, 0.1) is 5.92 Å². The van der Waals surface area contributed by atoms with Gasteiger partial charge >= 0.3 is 0 Å². The lowest BCUT2D eigenvalue weighted by Gasteiger charge is -2.31. The number of nitrogens with zero attached hydrogens (tertiary/aromatic N) is 1. The number of rotatable bonds is 7. The van der Waals surface area contributed by atoms with Gasteiger partial charge in [0.25, 0.3) is 0 Å². The topological polar surface area (TPSA) is 94.2 Å². The number of amides is 1. The lowest BCUT2D eigenvalue weighted by molar-refractivity contribution is -0.126. The Morgan fingerprint density at radius 3 is 2.57 bits per heavy atom. The van der Waals surface area contributed by atoms with E-state index in [2.05, 4.69) is 5.32 Å². The summed E-state index contributed by atoms with van der Waals surface area (Å²) in [6.07, 6.45) is 3.08. The molecule has 8 nitrogen and oxygen atoms in total. The lowest BCUT2D eigenvalue weighted by Crippen LogP contribution is -2.44. The van der Waals surface area contributed by atoms with Crippen LogP contribution < -0.4 is 14.8 Å². The Kier molecular flexibility index (Phi) is 6.79. The smallest absolute Gasteiger partial charge is 0.246 e. The van der Waals surface area contributed by atoms with Gasteiger partial charge in [-0.2, -0.15) is 4.31 Å². The van der Waals surface area contributed by atoms with E-state index in [1.165, 1.54) is 24.6 Å². The molecule has 0 aliphatic carbocycles. The monoisotopic (exact) mass is 412 g/mol. The highest BCUT2D eigenvalue weighted by atomic mass is 32.2. The third kappa shape index (κ3) is 4.59. The Morgan fingerprint density at radius 1 is 1.21 bits per heavy atom. The molecule has 0 aromatic heterocycles. The molecule has 156 valence electrons. The second kappa shape index (κ2) is 9.11. The molecule has 9 heteroatoms. The Morgan fingerprint density at radius 2 is 1.96 bits per heavy atom. The summed E-state index contributed by atoms with van der Waals surface area (Å²) in [5.74, 6) is 0.520. The first-order valence-corrected chi connectivity index (χ1v) is 11.0. The van der Waals surface area contributed by atoms with Gasteiger partial charge in [0, 0.05) is 38.2 Å². The largest absolute Gasteiger partial charge is 0.497 e. The molecule has 0 radical (unpaired) electrons. The summed E-state index contributed by atoms with van der Waals surface area (Å²) < 4.78 is 43.5. The molecule has 1 atom stereocenters. The summed E-state index contributed by atoms with van der Waals surface area (Å²) in [5.41, 5.74) is 0. The number of nitrogens with one attached hydrogen (secondary N) is 1. The Balaban J connectivity index is 1.61. The zero-order valence-electron chi connectivity index (χ0n) is 16.3. The van der Waals surface area contributed by atoms with Crippen molar-refractivity contribution < 1.29 is 27.4 Å². The van der Waals surface area contributed by atoms with E-state index in [0.29, 0.717) is 38.2 Å². The highest BCUT2D eigenvalue weighted by Crippen LogP contribution is 2.32. The second-order valence-corrected chi connectivity index (χ2v) is 8.98. The van der Waals surface area contributed by atoms with Crippen molar-refractivity contribution in [1.82, 2.24) is 9.62 Å². The molecule has 1 aromatic carbocycles. The minimum absolute atomic E-state index is 0.0218. The Bertz CT molecular complexity index is 784. The van der Waals surface area contributed by atoms with Crippen molar-refractivity contribution in [3.05, 3.63) is 18.2 Å². The SMILES string of the molecule is COc1ccc(OC)c(S(=O)(=O)N2CCC(C(=O)NC[C@@H]3CCCO3)CC2)c1. The molecule has 2 aliphatic rings. The molecule has 2 fully saturated rings. The minimum Gasteiger partial charge on any atom is -0.497 e. The van der Waals surface area contributed by atoms with Crippen molar-refractivity contribution in [2.24, 2.45) is 5.92 Å². The number of hydrogen-bond acceptors (Lipinski definition) is 6. The molecule has 0 saturated carbocycles. The molecule has 2 aliphatic heterocycles. The molecule has 1 aromatic rings. The van der Waals surface area contributed by atoms with E-state index in [1.807, 2.05) is 0 Å². The third-order valence-corrected chi connectivity index (χ3v) is 7.26. The molecule has 3 rings (SSSR count). The number of carbonyl (C=O) groups excluding carboxylic acids is 1. The van der Waals surface area contributed by atoms with Crippen molar-refractivity contribution in [1.29, 1.82) is 0 Å². The zero-order chi connectivity index (χ0) is 20.1. The van der Waals surface area contributed by atoms with E-state index in [4.69, 9.17) is 14.2 Å². The molecule has 1 amide bonds. The zero-order valence-corrected chi connectivity index (χ0v) is 17.2. The highest BCUT2D eigenvalue weighted by molar-refractivity contribution is 7.89. The van der Waals surface area contributed by atoms with Crippen molar-refractivity contribution >= 4 is 15.9 Å². The van der Waals surface area contributed by atoms with Crippen LogP contribution in [0.4, 0.5) is 0 Å². The fourth-order valence-corrected chi connectivity index (χ4v) is 5.29. The first-order chi connectivity index (χ1) is 13.5. The van der Waals surface area contributed by atoms with E-state index in [1.54, 1.807) is 12.1 Å². The Hall–Kier alpha value is -1.84. The van der Waals surface area contributed by atoms with Crippen LogP contribution in [0.5, 0.6) is 11.5 Å². The van der Waals surface area contributed by atoms with Gasteiger partial charge in [0.1, 0.15) is 16.4 Å². The molecular weight excluding hydrogens is 384 g/mol. The Labute approximate surface area is 166 Å². The van der Waals surface area contributed by atoms with E-state index in [0.717, 1.165) is 19.4 Å². The summed E-state index contributed by atoms with van der Waals surface area (Å²) in [7, 11) is -0.814. The summed E-state index contributed by atoms with van der Waals surface area (Å²) in [5, 5.41) is 2.94. The van der Waals surface area contributed by atoms with Crippen LogP contribution in [0.1, 0.15) is 25.7 Å². The van der Waals surface area contributed by atoms with Crippen LogP contribution in [-0.2, 0) is 19.6 Å². The normalized spacial score (nSPS) is 21.4. The summed E-state index contributed by atoms with van der Waals surface area (Å²) in [6, 6.07) is 4.70. The second-order valence-electron chi connectivity index (χ2n) is 7.08. The minimum atomic E-state index is -3.74. The van der Waals surface area contributed by atoms with Crippen molar-refractivity contribution in [2.45, 2.75) is 36.7 Å². The van der Waals surface area contributed by atoms with Crippen LogP contribution in [0.25, 0.3) is 0 Å². The first-order valence-electron chi connectivity index (χ1n) is 9.57. The van der Waals surface area contributed by atoms with Gasteiger partial charge in [0.2, 0.25) is 15.9 Å². The van der Waals surface area contributed by atoms with Gasteiger partial charge in [-0.1, -0.05) is 0 Å². The fourth-order valence-electron chi connectivity index (χ4n) is 3.65. The van der Waals surface area contributed by atoms with Crippen molar-refractivity contribution in [2.75, 3.05) is 40.5 Å². The predicted octanol–water partition coefficient (Wildman–Crippen LogP) is 1.40. The lowest BCUT2D eigenvalue weighted by atomic mass is 9.97. The summed E-state index contributed by atoms with van der Waals surface area (Å²) in [4.78, 5) is 12.5. The average molecular weight is 413 g/mol. The van der Waals surface area contributed by atoms with E-state index in [-0.39, 0.29) is 28.6 Å². The van der Waals surface area contributed by atoms with Crippen LogP contribution in [-0.4, -0.2) is 65.2 Å². The number of carbonyl (C=O) groups is 1. The molecule has 0 spiro atoms. The third-order valence-electron chi connectivity index (χ3n) is 5.34. The number of hydrogen-bond donors (Lipinski definition) is 1. The molecule has 2 saturated heterocycles. The number of methoxy groups -OCH3 is 2. The van der Waals surface area contributed by atoms with Gasteiger partial charge < -0.3 is 19.5 Å². The van der Waals surface area contributed by atoms with Crippen LogP contribution in [0.15, 0.2) is 23.1 Å². The summed E-state index contributed by atoms with van der Waals surface area (Å²) in [6.45, 7) is 1.87. The molecule has 2 heterocycles. The summed E-state index contributed by atoms with van der Waals surface area (Å²) >= 11 is 0. The van der Waals surface area contributed by atoms with E-state index < -0.39 is 10.0 Å². The predicted molar refractivity (Wildman–Crippen MR) is 103 cm³/mol. The molecule has 0 bridgehead atoms. The maximum atomic E-state index is 13.1. The van der Waals surface area contributed by atoms with Gasteiger partial charge in [-0.15, -0.1) is 0 Å².